The Bertz CT molecular complexity index is 512. The van der Waals surface area contributed by atoms with Crippen LogP contribution in [0.5, 0.6) is 0 Å². The standard InChI is InChI=1S/C17H25N3O3/c21-17(14-19-5-9-22-10-6-19)18-13-15-3-1-2-4-16(15)20-7-11-23-12-8-20/h1-4H,5-14H2,(H,18,21). The van der Waals surface area contributed by atoms with E-state index in [1.54, 1.807) is 0 Å². The Balaban J connectivity index is 1.54. The molecule has 2 aliphatic heterocycles. The van der Waals surface area contributed by atoms with Crippen molar-refractivity contribution in [3.63, 3.8) is 0 Å². The van der Waals surface area contributed by atoms with E-state index in [1.807, 2.05) is 12.1 Å². The average Bonchev–Trinajstić information content (AvgIpc) is 2.62. The topological polar surface area (TPSA) is 54.0 Å². The first-order valence-corrected chi connectivity index (χ1v) is 8.30. The van der Waals surface area contributed by atoms with Gasteiger partial charge in [-0.25, -0.2) is 0 Å². The summed E-state index contributed by atoms with van der Waals surface area (Å²) in [5, 5.41) is 3.05. The molecule has 2 fully saturated rings. The lowest BCUT2D eigenvalue weighted by atomic mass is 10.1. The highest BCUT2D eigenvalue weighted by molar-refractivity contribution is 5.78. The fourth-order valence-corrected chi connectivity index (χ4v) is 2.99. The zero-order chi connectivity index (χ0) is 15.9. The van der Waals surface area contributed by atoms with Crippen LogP contribution in [0.1, 0.15) is 5.56 Å². The van der Waals surface area contributed by atoms with Crippen molar-refractivity contribution in [2.45, 2.75) is 6.54 Å². The maximum Gasteiger partial charge on any atom is 0.234 e. The van der Waals surface area contributed by atoms with Crippen molar-refractivity contribution < 1.29 is 14.3 Å². The molecule has 0 aliphatic carbocycles. The highest BCUT2D eigenvalue weighted by Crippen LogP contribution is 2.21. The van der Waals surface area contributed by atoms with Crippen molar-refractivity contribution in [2.75, 3.05) is 64.1 Å². The maximum atomic E-state index is 12.1. The van der Waals surface area contributed by atoms with Crippen LogP contribution in [0.4, 0.5) is 5.69 Å². The first-order chi connectivity index (χ1) is 11.3. The predicted molar refractivity (Wildman–Crippen MR) is 88.6 cm³/mol. The van der Waals surface area contributed by atoms with Crippen LogP contribution in [-0.4, -0.2) is 70.0 Å². The van der Waals surface area contributed by atoms with Gasteiger partial charge in [-0.15, -0.1) is 0 Å². The van der Waals surface area contributed by atoms with Gasteiger partial charge in [0.1, 0.15) is 0 Å². The SMILES string of the molecule is O=C(CN1CCOCC1)NCc1ccccc1N1CCOCC1. The van der Waals surface area contributed by atoms with Crippen LogP contribution in [0.25, 0.3) is 0 Å². The summed E-state index contributed by atoms with van der Waals surface area (Å²) < 4.78 is 10.7. The number of benzene rings is 1. The molecule has 2 aliphatic rings. The minimum Gasteiger partial charge on any atom is -0.379 e. The molecule has 0 unspecified atom stereocenters. The Morgan fingerprint density at radius 2 is 1.65 bits per heavy atom. The van der Waals surface area contributed by atoms with Gasteiger partial charge >= 0.3 is 0 Å². The van der Waals surface area contributed by atoms with Crippen molar-refractivity contribution in [1.82, 2.24) is 10.2 Å². The van der Waals surface area contributed by atoms with Crippen molar-refractivity contribution in [3.8, 4) is 0 Å². The van der Waals surface area contributed by atoms with Gasteiger partial charge < -0.3 is 19.7 Å². The predicted octanol–water partition coefficient (Wildman–Crippen LogP) is 0.472. The minimum absolute atomic E-state index is 0.0729. The van der Waals surface area contributed by atoms with Crippen molar-refractivity contribution in [1.29, 1.82) is 0 Å². The van der Waals surface area contributed by atoms with E-state index in [2.05, 4.69) is 27.2 Å². The van der Waals surface area contributed by atoms with Crippen LogP contribution in [0.15, 0.2) is 24.3 Å². The van der Waals surface area contributed by atoms with Gasteiger partial charge in [0, 0.05) is 38.4 Å². The summed E-state index contributed by atoms with van der Waals surface area (Å²) in [5.41, 5.74) is 2.35. The monoisotopic (exact) mass is 319 g/mol. The number of para-hydroxylation sites is 1. The maximum absolute atomic E-state index is 12.1. The zero-order valence-corrected chi connectivity index (χ0v) is 13.5. The molecule has 1 amide bonds. The molecule has 0 radical (unpaired) electrons. The van der Waals surface area contributed by atoms with E-state index < -0.39 is 0 Å². The number of ether oxygens (including phenoxy) is 2. The molecule has 1 aromatic rings. The molecule has 3 rings (SSSR count). The van der Waals surface area contributed by atoms with Gasteiger partial charge in [-0.1, -0.05) is 18.2 Å². The second-order valence-electron chi connectivity index (χ2n) is 5.89. The molecule has 2 heterocycles. The third-order valence-corrected chi connectivity index (χ3v) is 4.29. The zero-order valence-electron chi connectivity index (χ0n) is 13.5. The number of anilines is 1. The lowest BCUT2D eigenvalue weighted by molar-refractivity contribution is -0.123. The second kappa shape index (κ2) is 8.29. The Labute approximate surface area is 137 Å². The van der Waals surface area contributed by atoms with Gasteiger partial charge in [0.15, 0.2) is 0 Å². The van der Waals surface area contributed by atoms with Crippen LogP contribution in [0, 0.1) is 0 Å². The summed E-state index contributed by atoms with van der Waals surface area (Å²) in [7, 11) is 0. The molecule has 0 atom stereocenters. The van der Waals surface area contributed by atoms with E-state index in [-0.39, 0.29) is 5.91 Å². The van der Waals surface area contributed by atoms with Crippen LogP contribution in [0.3, 0.4) is 0 Å². The number of morpholine rings is 2. The molecule has 126 valence electrons. The van der Waals surface area contributed by atoms with E-state index >= 15 is 0 Å². The van der Waals surface area contributed by atoms with Gasteiger partial charge in [-0.2, -0.15) is 0 Å². The molecular formula is C17H25N3O3. The third kappa shape index (κ3) is 4.67. The lowest BCUT2D eigenvalue weighted by Crippen LogP contribution is -2.43. The van der Waals surface area contributed by atoms with Crippen molar-refractivity contribution >= 4 is 11.6 Å². The molecule has 6 nitrogen and oxygen atoms in total. The highest BCUT2D eigenvalue weighted by Gasteiger charge is 2.16. The molecule has 1 aromatic carbocycles. The molecule has 0 saturated carbocycles. The number of hydrogen-bond donors (Lipinski definition) is 1. The minimum atomic E-state index is 0.0729. The Hall–Kier alpha value is -1.63. The number of amides is 1. The Morgan fingerprint density at radius 1 is 1.00 bits per heavy atom. The molecule has 0 aromatic heterocycles. The number of nitrogens with one attached hydrogen (secondary N) is 1. The van der Waals surface area contributed by atoms with Crippen molar-refractivity contribution in [3.05, 3.63) is 29.8 Å². The van der Waals surface area contributed by atoms with Gasteiger partial charge in [0.2, 0.25) is 5.91 Å². The number of rotatable bonds is 5. The van der Waals surface area contributed by atoms with Crippen molar-refractivity contribution in [2.24, 2.45) is 0 Å². The normalized spacial score (nSPS) is 19.6. The van der Waals surface area contributed by atoms with Gasteiger partial charge in [0.25, 0.3) is 0 Å². The van der Waals surface area contributed by atoms with Crippen LogP contribution in [0.2, 0.25) is 0 Å². The molecule has 0 spiro atoms. The van der Waals surface area contributed by atoms with Crippen LogP contribution in [-0.2, 0) is 20.8 Å². The number of nitrogens with zero attached hydrogens (tertiary/aromatic N) is 2. The number of hydrogen-bond acceptors (Lipinski definition) is 5. The lowest BCUT2D eigenvalue weighted by Gasteiger charge is -2.30. The highest BCUT2D eigenvalue weighted by atomic mass is 16.5. The fourth-order valence-electron chi connectivity index (χ4n) is 2.99. The van der Waals surface area contributed by atoms with E-state index in [9.17, 15) is 4.79 Å². The molecular weight excluding hydrogens is 294 g/mol. The molecule has 2 saturated heterocycles. The summed E-state index contributed by atoms with van der Waals surface area (Å²) in [4.78, 5) is 16.6. The quantitative estimate of drug-likeness (QED) is 0.855. The molecule has 1 N–H and O–H groups in total. The van der Waals surface area contributed by atoms with E-state index in [0.29, 0.717) is 26.3 Å². The Morgan fingerprint density at radius 3 is 2.39 bits per heavy atom. The second-order valence-corrected chi connectivity index (χ2v) is 5.89. The first kappa shape index (κ1) is 16.2. The van der Waals surface area contributed by atoms with E-state index in [1.165, 1.54) is 5.69 Å². The van der Waals surface area contributed by atoms with Crippen LogP contribution >= 0.6 is 0 Å². The van der Waals surface area contributed by atoms with E-state index in [0.717, 1.165) is 45.0 Å². The molecule has 0 bridgehead atoms. The van der Waals surface area contributed by atoms with E-state index in [4.69, 9.17) is 9.47 Å². The summed E-state index contributed by atoms with van der Waals surface area (Å²) in [6.07, 6.45) is 0. The summed E-state index contributed by atoms with van der Waals surface area (Å²) in [6, 6.07) is 8.27. The summed E-state index contributed by atoms with van der Waals surface area (Å²) in [5.74, 6) is 0.0729. The number of carbonyl (C=O) groups is 1. The van der Waals surface area contributed by atoms with Gasteiger partial charge in [-0.3, -0.25) is 9.69 Å². The van der Waals surface area contributed by atoms with Crippen LogP contribution < -0.4 is 10.2 Å². The van der Waals surface area contributed by atoms with Gasteiger partial charge in [0.05, 0.1) is 33.0 Å². The summed E-state index contributed by atoms with van der Waals surface area (Å²) >= 11 is 0. The average molecular weight is 319 g/mol. The first-order valence-electron chi connectivity index (χ1n) is 8.30. The van der Waals surface area contributed by atoms with Gasteiger partial charge in [-0.05, 0) is 11.6 Å². The Kier molecular flexibility index (Phi) is 5.85. The fraction of sp³-hybridized carbons (Fsp3) is 0.588. The molecule has 23 heavy (non-hydrogen) atoms. The smallest absolute Gasteiger partial charge is 0.234 e. The third-order valence-electron chi connectivity index (χ3n) is 4.29. The largest absolute Gasteiger partial charge is 0.379 e. The molecule has 6 heteroatoms. The number of carbonyl (C=O) groups excluding carboxylic acids is 1. The summed E-state index contributed by atoms with van der Waals surface area (Å²) in [6.45, 7) is 7.43.